The fourth-order valence-corrected chi connectivity index (χ4v) is 2.85. The van der Waals surface area contributed by atoms with Crippen LogP contribution in [0, 0.1) is 0 Å². The SMILES string of the molecule is CN1CCCN(CC(=O)O)c2cccc(Br)c21. The van der Waals surface area contributed by atoms with Crippen LogP contribution in [0.25, 0.3) is 0 Å². The molecule has 5 heteroatoms. The lowest BCUT2D eigenvalue weighted by Gasteiger charge is -2.25. The average Bonchev–Trinajstić information content (AvgIpc) is 2.40. The number of carboxylic acids is 1. The lowest BCUT2D eigenvalue weighted by molar-refractivity contribution is -0.135. The van der Waals surface area contributed by atoms with Crippen LogP contribution >= 0.6 is 15.9 Å². The normalized spacial score (nSPS) is 15.4. The van der Waals surface area contributed by atoms with Gasteiger partial charge < -0.3 is 14.9 Å². The summed E-state index contributed by atoms with van der Waals surface area (Å²) in [5, 5.41) is 8.95. The third-order valence-electron chi connectivity index (χ3n) is 2.94. The third-order valence-corrected chi connectivity index (χ3v) is 3.58. The third kappa shape index (κ3) is 2.54. The number of carboxylic acid groups (broad SMARTS) is 1. The summed E-state index contributed by atoms with van der Waals surface area (Å²) < 4.78 is 1.01. The van der Waals surface area contributed by atoms with E-state index >= 15 is 0 Å². The molecule has 1 aliphatic rings. The van der Waals surface area contributed by atoms with Crippen LogP contribution in [0.4, 0.5) is 11.4 Å². The van der Waals surface area contributed by atoms with Gasteiger partial charge in [0.2, 0.25) is 0 Å². The van der Waals surface area contributed by atoms with E-state index in [4.69, 9.17) is 5.11 Å². The van der Waals surface area contributed by atoms with Crippen molar-refractivity contribution >= 4 is 33.3 Å². The van der Waals surface area contributed by atoms with Gasteiger partial charge in [-0.05, 0) is 34.5 Å². The number of aliphatic carboxylic acids is 1. The largest absolute Gasteiger partial charge is 0.480 e. The summed E-state index contributed by atoms with van der Waals surface area (Å²) in [4.78, 5) is 15.0. The molecule has 0 aromatic heterocycles. The quantitative estimate of drug-likeness (QED) is 0.909. The standard InChI is InChI=1S/C12H15BrN2O2/c1-14-6-3-7-15(8-11(16)17)10-5-2-4-9(13)12(10)14/h2,4-5H,3,6-8H2,1H3,(H,16,17). The lowest BCUT2D eigenvalue weighted by atomic mass is 10.2. The molecule has 1 aromatic rings. The van der Waals surface area contributed by atoms with E-state index in [1.54, 1.807) is 0 Å². The minimum atomic E-state index is -0.791. The number of rotatable bonds is 2. The van der Waals surface area contributed by atoms with Crippen LogP contribution < -0.4 is 9.80 Å². The summed E-state index contributed by atoms with van der Waals surface area (Å²) in [6, 6.07) is 5.90. The second kappa shape index (κ2) is 4.96. The molecule has 0 fully saturated rings. The monoisotopic (exact) mass is 298 g/mol. The molecule has 17 heavy (non-hydrogen) atoms. The minimum Gasteiger partial charge on any atom is -0.480 e. The van der Waals surface area contributed by atoms with E-state index in [0.717, 1.165) is 35.4 Å². The number of nitrogens with zero attached hydrogens (tertiary/aromatic N) is 2. The number of para-hydroxylation sites is 1. The molecule has 0 amide bonds. The van der Waals surface area contributed by atoms with Crippen LogP contribution in [-0.2, 0) is 4.79 Å². The molecule has 1 heterocycles. The van der Waals surface area contributed by atoms with Gasteiger partial charge in [0, 0.05) is 24.6 Å². The van der Waals surface area contributed by atoms with Gasteiger partial charge in [-0.25, -0.2) is 0 Å². The minimum absolute atomic E-state index is 0.0529. The maximum Gasteiger partial charge on any atom is 0.323 e. The topological polar surface area (TPSA) is 43.8 Å². The van der Waals surface area contributed by atoms with E-state index in [2.05, 4.69) is 20.8 Å². The average molecular weight is 299 g/mol. The van der Waals surface area contributed by atoms with E-state index < -0.39 is 5.97 Å². The van der Waals surface area contributed by atoms with Crippen LogP contribution in [-0.4, -0.2) is 37.8 Å². The highest BCUT2D eigenvalue weighted by atomic mass is 79.9. The van der Waals surface area contributed by atoms with Crippen molar-refractivity contribution in [3.05, 3.63) is 22.7 Å². The highest BCUT2D eigenvalue weighted by molar-refractivity contribution is 9.10. The summed E-state index contributed by atoms with van der Waals surface area (Å²) in [7, 11) is 2.04. The van der Waals surface area contributed by atoms with Gasteiger partial charge in [0.15, 0.2) is 0 Å². The number of hydrogen-bond donors (Lipinski definition) is 1. The highest BCUT2D eigenvalue weighted by Crippen LogP contribution is 2.37. The molecule has 2 rings (SSSR count). The molecule has 0 aliphatic carbocycles. The number of fused-ring (bicyclic) bond motifs is 1. The Morgan fingerprint density at radius 1 is 1.47 bits per heavy atom. The van der Waals surface area contributed by atoms with Gasteiger partial charge in [-0.2, -0.15) is 0 Å². The van der Waals surface area contributed by atoms with E-state index in [-0.39, 0.29) is 6.54 Å². The molecular weight excluding hydrogens is 284 g/mol. The second-order valence-corrected chi connectivity index (χ2v) is 5.05. The Labute approximate surface area is 109 Å². The predicted molar refractivity (Wildman–Crippen MR) is 71.9 cm³/mol. The first-order valence-corrected chi connectivity index (χ1v) is 6.35. The highest BCUT2D eigenvalue weighted by Gasteiger charge is 2.21. The zero-order valence-corrected chi connectivity index (χ0v) is 11.3. The van der Waals surface area contributed by atoms with Crippen LogP contribution in [0.1, 0.15) is 6.42 Å². The predicted octanol–water partition coefficient (Wildman–Crippen LogP) is 2.18. The maximum absolute atomic E-state index is 10.9. The number of carbonyl (C=O) groups is 1. The van der Waals surface area contributed by atoms with Gasteiger partial charge in [0.25, 0.3) is 0 Å². The Balaban J connectivity index is 2.43. The molecule has 0 unspecified atom stereocenters. The Morgan fingerprint density at radius 2 is 2.24 bits per heavy atom. The molecule has 92 valence electrons. The van der Waals surface area contributed by atoms with E-state index in [1.165, 1.54) is 0 Å². The summed E-state index contributed by atoms with van der Waals surface area (Å²) in [5.74, 6) is -0.791. The van der Waals surface area contributed by atoms with Gasteiger partial charge in [-0.1, -0.05) is 6.07 Å². The van der Waals surface area contributed by atoms with Crippen LogP contribution in [0.3, 0.4) is 0 Å². The molecule has 0 saturated carbocycles. The molecule has 0 spiro atoms. The summed E-state index contributed by atoms with van der Waals surface area (Å²) in [6.45, 7) is 1.77. The first-order valence-electron chi connectivity index (χ1n) is 5.56. The fourth-order valence-electron chi connectivity index (χ4n) is 2.20. The summed E-state index contributed by atoms with van der Waals surface area (Å²) in [6.07, 6.45) is 0.963. The van der Waals surface area contributed by atoms with Crippen molar-refractivity contribution in [3.8, 4) is 0 Å². The van der Waals surface area contributed by atoms with Gasteiger partial charge in [0.05, 0.1) is 11.4 Å². The van der Waals surface area contributed by atoms with E-state index in [1.807, 2.05) is 30.1 Å². The molecule has 1 N–H and O–H groups in total. The Morgan fingerprint density at radius 3 is 2.94 bits per heavy atom. The van der Waals surface area contributed by atoms with Gasteiger partial charge in [-0.3, -0.25) is 4.79 Å². The fraction of sp³-hybridized carbons (Fsp3) is 0.417. The smallest absolute Gasteiger partial charge is 0.323 e. The molecule has 0 atom stereocenters. The van der Waals surface area contributed by atoms with E-state index in [9.17, 15) is 4.79 Å². The van der Waals surface area contributed by atoms with Crippen molar-refractivity contribution in [1.29, 1.82) is 0 Å². The van der Waals surface area contributed by atoms with Gasteiger partial charge in [-0.15, -0.1) is 0 Å². The number of benzene rings is 1. The first-order chi connectivity index (χ1) is 8.09. The lowest BCUT2D eigenvalue weighted by Crippen LogP contribution is -2.30. The molecule has 4 nitrogen and oxygen atoms in total. The zero-order valence-electron chi connectivity index (χ0n) is 9.69. The number of anilines is 2. The molecule has 0 radical (unpaired) electrons. The van der Waals surface area contributed by atoms with Crippen molar-refractivity contribution in [2.45, 2.75) is 6.42 Å². The zero-order chi connectivity index (χ0) is 12.4. The Kier molecular flexibility index (Phi) is 3.57. The van der Waals surface area contributed by atoms with Crippen molar-refractivity contribution in [2.75, 3.05) is 36.5 Å². The van der Waals surface area contributed by atoms with Crippen molar-refractivity contribution in [2.24, 2.45) is 0 Å². The van der Waals surface area contributed by atoms with Gasteiger partial charge >= 0.3 is 5.97 Å². The molecular formula is C12H15BrN2O2. The second-order valence-electron chi connectivity index (χ2n) is 4.20. The maximum atomic E-state index is 10.9. The van der Waals surface area contributed by atoms with Crippen LogP contribution in [0.15, 0.2) is 22.7 Å². The molecule has 1 aromatic carbocycles. The first kappa shape index (κ1) is 12.2. The molecule has 0 saturated heterocycles. The van der Waals surface area contributed by atoms with Gasteiger partial charge in [0.1, 0.15) is 6.54 Å². The summed E-state index contributed by atoms with van der Waals surface area (Å²) >= 11 is 3.54. The van der Waals surface area contributed by atoms with Crippen molar-refractivity contribution < 1.29 is 9.90 Å². The van der Waals surface area contributed by atoms with Crippen molar-refractivity contribution in [3.63, 3.8) is 0 Å². The molecule has 1 aliphatic heterocycles. The molecule has 0 bridgehead atoms. The van der Waals surface area contributed by atoms with E-state index in [0.29, 0.717) is 0 Å². The van der Waals surface area contributed by atoms with Crippen LogP contribution in [0.5, 0.6) is 0 Å². The van der Waals surface area contributed by atoms with Crippen LogP contribution in [0.2, 0.25) is 0 Å². The Hall–Kier alpha value is -1.23. The number of hydrogen-bond acceptors (Lipinski definition) is 3. The number of halogens is 1. The Bertz CT molecular complexity index is 437. The summed E-state index contributed by atoms with van der Waals surface area (Å²) in [5.41, 5.74) is 2.06. The van der Waals surface area contributed by atoms with Crippen molar-refractivity contribution in [1.82, 2.24) is 0 Å².